The summed E-state index contributed by atoms with van der Waals surface area (Å²) in [7, 11) is 0. The van der Waals surface area contributed by atoms with Crippen molar-refractivity contribution in [1.29, 1.82) is 0 Å². The molecule has 0 fully saturated rings. The standard InChI is InChI=1S/C19H15ClN8O/c1-10(26-19-17(22-2)18(21)24-9-25-19)12-7-15-23-8-14(20)28(15)27-16(12)11-5-3-4-6-13(11)29/h3-10,29H,1H3,(H3,21,24,25,26)/t10-/m0/s1. The summed E-state index contributed by atoms with van der Waals surface area (Å²) in [4.78, 5) is 15.7. The van der Waals surface area contributed by atoms with Crippen LogP contribution >= 0.6 is 11.6 Å². The van der Waals surface area contributed by atoms with Gasteiger partial charge in [0, 0.05) is 11.1 Å². The van der Waals surface area contributed by atoms with Crippen molar-refractivity contribution in [2.24, 2.45) is 0 Å². The normalized spacial score (nSPS) is 11.9. The van der Waals surface area contributed by atoms with Crippen LogP contribution in [0.1, 0.15) is 18.5 Å². The van der Waals surface area contributed by atoms with Crippen LogP contribution in [0.3, 0.4) is 0 Å². The molecule has 0 saturated carbocycles. The zero-order valence-electron chi connectivity index (χ0n) is 15.2. The molecule has 144 valence electrons. The Balaban J connectivity index is 1.87. The molecule has 10 heteroatoms. The fourth-order valence-electron chi connectivity index (χ4n) is 3.01. The molecule has 0 amide bonds. The molecule has 0 spiro atoms. The number of phenolic OH excluding ortho intramolecular Hbond substituents is 1. The number of aromatic hydroxyl groups is 1. The summed E-state index contributed by atoms with van der Waals surface area (Å²) in [6, 6.07) is 8.35. The number of hydrogen-bond donors (Lipinski definition) is 3. The first-order valence-corrected chi connectivity index (χ1v) is 8.94. The van der Waals surface area contributed by atoms with E-state index in [2.05, 4.69) is 30.2 Å². The molecule has 4 aromatic rings. The van der Waals surface area contributed by atoms with E-state index in [1.54, 1.807) is 24.3 Å². The lowest BCUT2D eigenvalue weighted by molar-refractivity contribution is 0.477. The summed E-state index contributed by atoms with van der Waals surface area (Å²) < 4.78 is 1.49. The van der Waals surface area contributed by atoms with E-state index in [1.165, 1.54) is 17.0 Å². The molecule has 0 radical (unpaired) electrons. The van der Waals surface area contributed by atoms with Gasteiger partial charge in [0.15, 0.2) is 10.8 Å². The zero-order valence-corrected chi connectivity index (χ0v) is 16.0. The van der Waals surface area contributed by atoms with Crippen LogP contribution in [0.4, 0.5) is 17.3 Å². The van der Waals surface area contributed by atoms with E-state index in [1.807, 2.05) is 13.0 Å². The quantitative estimate of drug-likeness (QED) is 0.440. The molecule has 29 heavy (non-hydrogen) atoms. The molecule has 9 nitrogen and oxygen atoms in total. The average molecular weight is 407 g/mol. The van der Waals surface area contributed by atoms with Crippen molar-refractivity contribution in [2.45, 2.75) is 13.0 Å². The Morgan fingerprint density at radius 3 is 2.83 bits per heavy atom. The molecule has 0 bridgehead atoms. The van der Waals surface area contributed by atoms with Gasteiger partial charge in [-0.1, -0.05) is 23.7 Å². The van der Waals surface area contributed by atoms with Crippen molar-refractivity contribution in [3.05, 3.63) is 65.0 Å². The maximum atomic E-state index is 10.4. The highest BCUT2D eigenvalue weighted by Gasteiger charge is 2.21. The minimum Gasteiger partial charge on any atom is -0.507 e. The molecule has 1 atom stereocenters. The maximum absolute atomic E-state index is 10.4. The van der Waals surface area contributed by atoms with Gasteiger partial charge < -0.3 is 16.2 Å². The zero-order chi connectivity index (χ0) is 20.5. The van der Waals surface area contributed by atoms with Crippen LogP contribution in [0.2, 0.25) is 5.15 Å². The van der Waals surface area contributed by atoms with E-state index in [4.69, 9.17) is 23.9 Å². The predicted molar refractivity (Wildman–Crippen MR) is 110 cm³/mol. The van der Waals surface area contributed by atoms with Gasteiger partial charge in [0.1, 0.15) is 29.4 Å². The third-order valence-corrected chi connectivity index (χ3v) is 4.68. The summed E-state index contributed by atoms with van der Waals surface area (Å²) in [5, 5.41) is 18.5. The van der Waals surface area contributed by atoms with Crippen LogP contribution in [0.5, 0.6) is 5.75 Å². The van der Waals surface area contributed by atoms with Crippen molar-refractivity contribution >= 4 is 34.6 Å². The molecule has 1 aromatic carbocycles. The fourth-order valence-corrected chi connectivity index (χ4v) is 3.18. The number of benzene rings is 1. The van der Waals surface area contributed by atoms with E-state index >= 15 is 0 Å². The van der Waals surface area contributed by atoms with Gasteiger partial charge in [-0.25, -0.2) is 24.3 Å². The average Bonchev–Trinajstić information content (AvgIpc) is 3.08. The predicted octanol–water partition coefficient (Wildman–Crippen LogP) is 3.85. The van der Waals surface area contributed by atoms with Crippen molar-refractivity contribution in [3.63, 3.8) is 0 Å². The van der Waals surface area contributed by atoms with E-state index in [-0.39, 0.29) is 23.3 Å². The van der Waals surface area contributed by atoms with Crippen LogP contribution < -0.4 is 11.1 Å². The number of aromatic nitrogens is 5. The molecule has 3 heterocycles. The van der Waals surface area contributed by atoms with Crippen molar-refractivity contribution < 1.29 is 5.11 Å². The third kappa shape index (κ3) is 3.26. The van der Waals surface area contributed by atoms with Gasteiger partial charge in [0.25, 0.3) is 5.69 Å². The number of para-hydroxylation sites is 1. The lowest BCUT2D eigenvalue weighted by Gasteiger charge is -2.19. The van der Waals surface area contributed by atoms with E-state index < -0.39 is 0 Å². The number of nitrogen functional groups attached to an aromatic ring is 1. The number of anilines is 2. The summed E-state index contributed by atoms with van der Waals surface area (Å²) in [5.41, 5.74) is 8.26. The minimum absolute atomic E-state index is 0.0807. The molecule has 4 rings (SSSR count). The number of fused-ring (bicyclic) bond motifs is 1. The number of nitrogens with two attached hydrogens (primary N) is 1. The maximum Gasteiger partial charge on any atom is 0.268 e. The van der Waals surface area contributed by atoms with Crippen molar-refractivity contribution in [2.75, 3.05) is 11.1 Å². The highest BCUT2D eigenvalue weighted by atomic mass is 35.5. The van der Waals surface area contributed by atoms with Gasteiger partial charge >= 0.3 is 0 Å². The monoisotopic (exact) mass is 406 g/mol. The Morgan fingerprint density at radius 2 is 2.07 bits per heavy atom. The van der Waals surface area contributed by atoms with Gasteiger partial charge in [-0.3, -0.25) is 0 Å². The van der Waals surface area contributed by atoms with Gasteiger partial charge in [-0.15, -0.1) is 0 Å². The highest BCUT2D eigenvalue weighted by Crippen LogP contribution is 2.36. The van der Waals surface area contributed by atoms with Crippen molar-refractivity contribution in [3.8, 4) is 17.0 Å². The first kappa shape index (κ1) is 18.5. The summed E-state index contributed by atoms with van der Waals surface area (Å²) in [6.45, 7) is 9.22. The van der Waals surface area contributed by atoms with Gasteiger partial charge in [0.05, 0.1) is 18.8 Å². The number of phenols is 1. The lowest BCUT2D eigenvalue weighted by Crippen LogP contribution is -2.12. The van der Waals surface area contributed by atoms with Crippen LogP contribution in [0, 0.1) is 6.57 Å². The number of hydrogen-bond acceptors (Lipinski definition) is 7. The Bertz CT molecular complexity index is 1260. The highest BCUT2D eigenvalue weighted by molar-refractivity contribution is 6.29. The Labute approximate surface area is 170 Å². The van der Waals surface area contributed by atoms with Crippen LogP contribution in [0.15, 0.2) is 42.9 Å². The largest absolute Gasteiger partial charge is 0.507 e. The van der Waals surface area contributed by atoms with E-state index in [0.717, 1.165) is 5.56 Å². The van der Waals surface area contributed by atoms with Crippen molar-refractivity contribution in [1.82, 2.24) is 24.6 Å². The van der Waals surface area contributed by atoms with Crippen LogP contribution in [0.25, 0.3) is 21.7 Å². The van der Waals surface area contributed by atoms with Gasteiger partial charge in [0.2, 0.25) is 0 Å². The number of nitrogens with zero attached hydrogens (tertiary/aromatic N) is 6. The second-order valence-corrected chi connectivity index (χ2v) is 6.64. The van der Waals surface area contributed by atoms with Gasteiger partial charge in [-0.05, 0) is 25.1 Å². The lowest BCUT2D eigenvalue weighted by atomic mass is 10.0. The first-order chi connectivity index (χ1) is 14.0. The first-order valence-electron chi connectivity index (χ1n) is 8.56. The number of rotatable bonds is 4. The Morgan fingerprint density at radius 1 is 1.28 bits per heavy atom. The van der Waals surface area contributed by atoms with Crippen LogP contribution in [-0.2, 0) is 0 Å². The van der Waals surface area contributed by atoms with Gasteiger partial charge in [-0.2, -0.15) is 5.10 Å². The molecule has 0 unspecified atom stereocenters. The molecular weight excluding hydrogens is 392 g/mol. The molecule has 0 saturated heterocycles. The second-order valence-electron chi connectivity index (χ2n) is 6.25. The molecular formula is C19H15ClN8O. The molecule has 0 aliphatic carbocycles. The Kier molecular flexibility index (Phi) is 4.62. The SMILES string of the molecule is [C-]#[N+]c1c(N)ncnc1N[C@@H](C)c1cc2ncc(Cl)n2nc1-c1ccccc1O. The third-order valence-electron chi connectivity index (χ3n) is 4.42. The number of halogens is 1. The number of nitrogens with one attached hydrogen (secondary N) is 1. The topological polar surface area (TPSA) is 119 Å². The minimum atomic E-state index is -0.354. The number of imidazole rings is 1. The molecule has 0 aliphatic heterocycles. The molecule has 0 aliphatic rings. The molecule has 3 aromatic heterocycles. The molecule has 4 N–H and O–H groups in total. The fraction of sp³-hybridized carbons (Fsp3) is 0.105. The second kappa shape index (κ2) is 7.26. The van der Waals surface area contributed by atoms with E-state index in [0.29, 0.717) is 27.9 Å². The smallest absolute Gasteiger partial charge is 0.268 e. The summed E-state index contributed by atoms with van der Waals surface area (Å²) >= 11 is 6.19. The Hall–Kier alpha value is -3.90. The summed E-state index contributed by atoms with van der Waals surface area (Å²) in [6.07, 6.45) is 2.79. The van der Waals surface area contributed by atoms with Crippen LogP contribution in [-0.4, -0.2) is 29.7 Å². The van der Waals surface area contributed by atoms with E-state index in [9.17, 15) is 5.11 Å². The summed E-state index contributed by atoms with van der Waals surface area (Å²) in [5.74, 6) is 0.487.